The van der Waals surface area contributed by atoms with Crippen LogP contribution in [0.4, 0.5) is 0 Å². The van der Waals surface area contributed by atoms with Crippen molar-refractivity contribution in [2.24, 2.45) is 0 Å². The normalized spacial score (nSPS) is 12.1. The minimum atomic E-state index is -1.63. The highest BCUT2D eigenvalue weighted by atomic mass is 32.2. The van der Waals surface area contributed by atoms with Gasteiger partial charge < -0.3 is 15.3 Å². The Bertz CT molecular complexity index is 458. The van der Waals surface area contributed by atoms with Crippen molar-refractivity contribution in [1.82, 2.24) is 0 Å². The zero-order valence-electron chi connectivity index (χ0n) is 9.79. The topological polar surface area (TPSA) is 94.8 Å². The summed E-state index contributed by atoms with van der Waals surface area (Å²) in [4.78, 5) is 22.1. The third-order valence-corrected chi connectivity index (χ3v) is 3.29. The summed E-state index contributed by atoms with van der Waals surface area (Å²) in [5.74, 6) is -2.30. The number of aryl methyl sites for hydroxylation is 1. The van der Waals surface area contributed by atoms with Crippen LogP contribution >= 0.6 is 11.8 Å². The third-order valence-electron chi connectivity index (χ3n) is 2.49. The smallest absolute Gasteiger partial charge is 0.337 e. The van der Waals surface area contributed by atoms with Gasteiger partial charge in [0.05, 0.1) is 0 Å². The molecule has 1 aromatic carbocycles. The second-order valence-corrected chi connectivity index (χ2v) is 4.52. The van der Waals surface area contributed by atoms with Crippen LogP contribution in [0.2, 0.25) is 0 Å². The van der Waals surface area contributed by atoms with E-state index in [1.165, 1.54) is 11.8 Å². The first-order valence-electron chi connectivity index (χ1n) is 5.25. The summed E-state index contributed by atoms with van der Waals surface area (Å²) in [7, 11) is 0. The van der Waals surface area contributed by atoms with Gasteiger partial charge in [0.25, 0.3) is 0 Å². The molecule has 0 bridgehead atoms. The van der Waals surface area contributed by atoms with Gasteiger partial charge >= 0.3 is 11.9 Å². The Balaban J connectivity index is 3.15. The van der Waals surface area contributed by atoms with Crippen LogP contribution < -0.4 is 0 Å². The maximum atomic E-state index is 10.9. The van der Waals surface area contributed by atoms with Gasteiger partial charge in [-0.15, -0.1) is 11.8 Å². The molecule has 6 heteroatoms. The van der Waals surface area contributed by atoms with E-state index >= 15 is 0 Å². The summed E-state index contributed by atoms with van der Waals surface area (Å²) < 4.78 is 0. The van der Waals surface area contributed by atoms with Gasteiger partial charge in [-0.05, 0) is 24.3 Å². The van der Waals surface area contributed by atoms with Crippen molar-refractivity contribution in [2.45, 2.75) is 23.8 Å². The molecule has 3 N–H and O–H groups in total. The molecule has 0 radical (unpaired) electrons. The van der Waals surface area contributed by atoms with Crippen molar-refractivity contribution in [3.8, 4) is 0 Å². The number of carboxylic acid groups (broad SMARTS) is 2. The molecule has 0 aliphatic carbocycles. The standard InChI is InChI=1S/C12H14O5S/c1-18-8-4-2-3-7(5-6-9(13)14)10(8)11(15)12(16)17/h2-4,11,15H,5-6H2,1H3,(H,13,14)(H,16,17). The van der Waals surface area contributed by atoms with Gasteiger partial charge in [0.1, 0.15) is 0 Å². The van der Waals surface area contributed by atoms with Crippen LogP contribution in [0, 0.1) is 0 Å². The van der Waals surface area contributed by atoms with E-state index in [1.54, 1.807) is 24.5 Å². The number of aliphatic hydroxyl groups is 1. The first-order valence-corrected chi connectivity index (χ1v) is 6.48. The van der Waals surface area contributed by atoms with Gasteiger partial charge in [0.15, 0.2) is 6.10 Å². The van der Waals surface area contributed by atoms with Crippen LogP contribution in [0.1, 0.15) is 23.7 Å². The van der Waals surface area contributed by atoms with Gasteiger partial charge in [-0.25, -0.2) is 4.79 Å². The van der Waals surface area contributed by atoms with Crippen molar-refractivity contribution < 1.29 is 24.9 Å². The SMILES string of the molecule is CSc1cccc(CCC(=O)O)c1C(O)C(=O)O. The lowest BCUT2D eigenvalue weighted by atomic mass is 9.98. The van der Waals surface area contributed by atoms with Crippen molar-refractivity contribution in [1.29, 1.82) is 0 Å². The van der Waals surface area contributed by atoms with Gasteiger partial charge in [-0.2, -0.15) is 0 Å². The Morgan fingerprint density at radius 1 is 1.33 bits per heavy atom. The first kappa shape index (κ1) is 14.5. The van der Waals surface area contributed by atoms with Crippen molar-refractivity contribution in [2.75, 3.05) is 6.26 Å². The number of aliphatic hydroxyl groups excluding tert-OH is 1. The minimum absolute atomic E-state index is 0.100. The van der Waals surface area contributed by atoms with E-state index in [-0.39, 0.29) is 12.8 Å². The molecule has 98 valence electrons. The molecule has 0 aliphatic rings. The molecule has 0 aliphatic heterocycles. The maximum Gasteiger partial charge on any atom is 0.337 e. The first-order chi connectivity index (χ1) is 8.47. The second kappa shape index (κ2) is 6.42. The minimum Gasteiger partial charge on any atom is -0.481 e. The molecule has 0 saturated heterocycles. The lowest BCUT2D eigenvalue weighted by Crippen LogP contribution is -2.14. The van der Waals surface area contributed by atoms with Crippen molar-refractivity contribution >= 4 is 23.7 Å². The molecule has 1 unspecified atom stereocenters. The van der Waals surface area contributed by atoms with Crippen molar-refractivity contribution in [3.05, 3.63) is 29.3 Å². The van der Waals surface area contributed by atoms with Crippen molar-refractivity contribution in [3.63, 3.8) is 0 Å². The molecule has 0 amide bonds. The monoisotopic (exact) mass is 270 g/mol. The molecule has 18 heavy (non-hydrogen) atoms. The van der Waals surface area contributed by atoms with E-state index in [0.29, 0.717) is 16.0 Å². The predicted molar refractivity (Wildman–Crippen MR) is 66.8 cm³/mol. The van der Waals surface area contributed by atoms with Crippen LogP contribution in [0.25, 0.3) is 0 Å². The number of aliphatic carboxylic acids is 2. The average molecular weight is 270 g/mol. The number of thioether (sulfide) groups is 1. The average Bonchev–Trinajstić information content (AvgIpc) is 2.34. The molecule has 1 aromatic rings. The molecule has 5 nitrogen and oxygen atoms in total. The predicted octanol–water partition coefficient (Wildman–Crippen LogP) is 1.54. The lowest BCUT2D eigenvalue weighted by Gasteiger charge is -2.15. The van der Waals surface area contributed by atoms with Crippen LogP contribution in [-0.2, 0) is 16.0 Å². The Morgan fingerprint density at radius 3 is 2.50 bits per heavy atom. The van der Waals surface area contributed by atoms with E-state index in [4.69, 9.17) is 10.2 Å². The molecule has 0 aromatic heterocycles. The van der Waals surface area contributed by atoms with Gasteiger partial charge in [-0.1, -0.05) is 12.1 Å². The molecule has 0 fully saturated rings. The third kappa shape index (κ3) is 3.48. The quantitative estimate of drug-likeness (QED) is 0.679. The fraction of sp³-hybridized carbons (Fsp3) is 0.333. The van der Waals surface area contributed by atoms with E-state index in [1.807, 2.05) is 0 Å². The Morgan fingerprint density at radius 2 is 2.00 bits per heavy atom. The number of hydrogen-bond acceptors (Lipinski definition) is 4. The Kier molecular flexibility index (Phi) is 5.18. The summed E-state index contributed by atoms with van der Waals surface area (Å²) in [6.45, 7) is 0. The summed E-state index contributed by atoms with van der Waals surface area (Å²) in [6.07, 6.45) is 0.243. The lowest BCUT2D eigenvalue weighted by molar-refractivity contribution is -0.147. The Hall–Kier alpha value is -1.53. The summed E-state index contributed by atoms with van der Waals surface area (Å²) >= 11 is 1.32. The second-order valence-electron chi connectivity index (χ2n) is 3.67. The number of carboxylic acids is 2. The molecular formula is C12H14O5S. The maximum absolute atomic E-state index is 10.9. The molecule has 0 saturated carbocycles. The molecule has 0 spiro atoms. The highest BCUT2D eigenvalue weighted by Gasteiger charge is 2.22. The van der Waals surface area contributed by atoms with Crippen LogP contribution in [0.5, 0.6) is 0 Å². The largest absolute Gasteiger partial charge is 0.481 e. The number of benzene rings is 1. The molecule has 0 heterocycles. The molecule has 1 rings (SSSR count). The zero-order valence-corrected chi connectivity index (χ0v) is 10.6. The fourth-order valence-electron chi connectivity index (χ4n) is 1.66. The van der Waals surface area contributed by atoms with Gasteiger partial charge in [-0.3, -0.25) is 4.79 Å². The molecule has 1 atom stereocenters. The van der Waals surface area contributed by atoms with E-state index in [9.17, 15) is 14.7 Å². The summed E-state index contributed by atoms with van der Waals surface area (Å²) in [5.41, 5.74) is 0.845. The highest BCUT2D eigenvalue weighted by Crippen LogP contribution is 2.30. The molecular weight excluding hydrogens is 256 g/mol. The Labute approximate surface area is 108 Å². The summed E-state index contributed by atoms with van der Waals surface area (Å²) in [5, 5.41) is 27.2. The fourth-order valence-corrected chi connectivity index (χ4v) is 2.34. The zero-order chi connectivity index (χ0) is 13.7. The van der Waals surface area contributed by atoms with Crippen LogP contribution in [0.3, 0.4) is 0 Å². The number of carbonyl (C=O) groups is 2. The van der Waals surface area contributed by atoms with E-state index < -0.39 is 18.0 Å². The van der Waals surface area contributed by atoms with Gasteiger partial charge in [0, 0.05) is 16.9 Å². The van der Waals surface area contributed by atoms with E-state index in [2.05, 4.69) is 0 Å². The van der Waals surface area contributed by atoms with Crippen LogP contribution in [-0.4, -0.2) is 33.5 Å². The number of rotatable bonds is 6. The van der Waals surface area contributed by atoms with Gasteiger partial charge in [0.2, 0.25) is 0 Å². The van der Waals surface area contributed by atoms with Crippen LogP contribution in [0.15, 0.2) is 23.1 Å². The highest BCUT2D eigenvalue weighted by molar-refractivity contribution is 7.98. The number of hydrogen-bond donors (Lipinski definition) is 3. The summed E-state index contributed by atoms with van der Waals surface area (Å²) in [6, 6.07) is 5.07. The van der Waals surface area contributed by atoms with E-state index in [0.717, 1.165) is 0 Å².